The van der Waals surface area contributed by atoms with Crippen molar-refractivity contribution in [2.45, 2.75) is 105 Å². The molecular weight excluding hydrogens is 540 g/mol. The van der Waals surface area contributed by atoms with Gasteiger partial charge in [-0.25, -0.2) is 9.59 Å². The monoisotopic (exact) mass is 592 g/mol. The van der Waals surface area contributed by atoms with E-state index in [-0.39, 0.29) is 30.9 Å². The van der Waals surface area contributed by atoms with Gasteiger partial charge in [0.2, 0.25) is 11.8 Å². The van der Waals surface area contributed by atoms with Crippen molar-refractivity contribution in [2.24, 2.45) is 17.8 Å². The summed E-state index contributed by atoms with van der Waals surface area (Å²) in [6.45, 7) is 16.3. The highest BCUT2D eigenvalue weighted by atomic mass is 16.6. The molecular formula is C31H52N4O7. The highest BCUT2D eigenvalue weighted by Gasteiger charge is 2.33. The smallest absolute Gasteiger partial charge is 0.408 e. The van der Waals surface area contributed by atoms with Gasteiger partial charge in [-0.05, 0) is 50.5 Å². The molecule has 4 atom stereocenters. The van der Waals surface area contributed by atoms with Crippen LogP contribution in [0.2, 0.25) is 0 Å². The van der Waals surface area contributed by atoms with Gasteiger partial charge in [0.1, 0.15) is 24.3 Å². The van der Waals surface area contributed by atoms with Crippen LogP contribution in [0.3, 0.4) is 0 Å². The van der Waals surface area contributed by atoms with Crippen molar-refractivity contribution in [2.75, 3.05) is 13.6 Å². The summed E-state index contributed by atoms with van der Waals surface area (Å²) in [5, 5.41) is 19.3. The number of hydrogen-bond acceptors (Lipinski definition) is 7. The molecule has 0 spiro atoms. The van der Waals surface area contributed by atoms with Gasteiger partial charge in [-0.3, -0.25) is 9.59 Å². The van der Waals surface area contributed by atoms with Gasteiger partial charge < -0.3 is 35.4 Å². The lowest BCUT2D eigenvalue weighted by Gasteiger charge is -2.33. The van der Waals surface area contributed by atoms with E-state index in [9.17, 15) is 24.3 Å². The van der Waals surface area contributed by atoms with Gasteiger partial charge in [-0.2, -0.15) is 0 Å². The molecule has 0 bridgehead atoms. The van der Waals surface area contributed by atoms with Crippen molar-refractivity contribution in [1.82, 2.24) is 20.9 Å². The lowest BCUT2D eigenvalue weighted by atomic mass is 9.96. The predicted octanol–water partition coefficient (Wildman–Crippen LogP) is 3.84. The van der Waals surface area contributed by atoms with Crippen LogP contribution in [0.4, 0.5) is 9.59 Å². The van der Waals surface area contributed by atoms with Gasteiger partial charge in [-0.1, -0.05) is 71.9 Å². The molecule has 0 aliphatic carbocycles. The highest BCUT2D eigenvalue weighted by molar-refractivity contribution is 5.87. The van der Waals surface area contributed by atoms with E-state index >= 15 is 0 Å². The molecule has 4 amide bonds. The van der Waals surface area contributed by atoms with Crippen molar-refractivity contribution in [3.05, 3.63) is 35.9 Å². The van der Waals surface area contributed by atoms with E-state index in [0.717, 1.165) is 5.56 Å². The first-order valence-electron chi connectivity index (χ1n) is 14.6. The molecule has 0 heterocycles. The number of ether oxygens (including phenoxy) is 2. The second-order valence-corrected chi connectivity index (χ2v) is 12.8. The van der Waals surface area contributed by atoms with Crippen molar-refractivity contribution in [3.63, 3.8) is 0 Å². The molecule has 11 heteroatoms. The zero-order chi connectivity index (χ0) is 32.2. The number of nitrogens with one attached hydrogen (secondary N) is 3. The van der Waals surface area contributed by atoms with E-state index in [0.29, 0.717) is 6.42 Å². The molecule has 0 aliphatic rings. The summed E-state index contributed by atoms with van der Waals surface area (Å²) in [5.41, 5.74) is 0.0938. The second kappa shape index (κ2) is 16.9. The molecule has 1 rings (SSSR count). The van der Waals surface area contributed by atoms with Crippen LogP contribution in [0.5, 0.6) is 0 Å². The average Bonchev–Trinajstić information content (AvgIpc) is 2.87. The maximum absolute atomic E-state index is 13.3. The summed E-state index contributed by atoms with van der Waals surface area (Å²) in [6, 6.07) is 6.73. The first kappa shape index (κ1) is 36.7. The SMILES string of the molecule is CC(C)C[C@H](NC(=O)[C@@H](NC(=O)OC(C)(C)C)C(C)C)[C@@H](O)CN(C)C(=O)[C@H](NC(=O)OCc1ccccc1)C(C)C. The maximum Gasteiger partial charge on any atom is 0.408 e. The maximum atomic E-state index is 13.3. The quantitative estimate of drug-likeness (QED) is 0.257. The van der Waals surface area contributed by atoms with Crippen LogP contribution in [0.25, 0.3) is 0 Å². The lowest BCUT2D eigenvalue weighted by Crippen LogP contribution is -2.57. The van der Waals surface area contributed by atoms with Gasteiger partial charge in [0.25, 0.3) is 0 Å². The predicted molar refractivity (Wildman–Crippen MR) is 161 cm³/mol. The molecule has 4 N–H and O–H groups in total. The van der Waals surface area contributed by atoms with Crippen LogP contribution in [-0.2, 0) is 25.7 Å². The normalized spacial score (nSPS) is 14.5. The van der Waals surface area contributed by atoms with Crippen molar-refractivity contribution < 1.29 is 33.8 Å². The number of nitrogens with zero attached hydrogens (tertiary/aromatic N) is 1. The number of likely N-dealkylation sites (N-methyl/N-ethyl adjacent to an activating group) is 1. The highest BCUT2D eigenvalue weighted by Crippen LogP contribution is 2.14. The van der Waals surface area contributed by atoms with E-state index in [2.05, 4.69) is 16.0 Å². The first-order chi connectivity index (χ1) is 19.4. The number of carbonyl (C=O) groups excluding carboxylic acids is 4. The van der Waals surface area contributed by atoms with Crippen LogP contribution in [-0.4, -0.2) is 77.4 Å². The van der Waals surface area contributed by atoms with E-state index in [4.69, 9.17) is 9.47 Å². The fraction of sp³-hybridized carbons (Fsp3) is 0.677. The molecule has 238 valence electrons. The average molecular weight is 593 g/mol. The Labute approximate surface area is 251 Å². The standard InChI is InChI=1S/C31H52N4O7/c1-19(2)16-23(32-27(37)25(20(3)4)33-30(40)42-31(7,8)9)24(36)17-35(10)28(38)26(21(5)6)34-29(39)41-18-22-14-12-11-13-15-22/h11-15,19-21,23-26,36H,16-18H2,1-10H3,(H,32,37)(H,33,40)(H,34,39)/t23-,24-,25-,26+/m0/s1. The third-order valence-corrected chi connectivity index (χ3v) is 6.39. The molecule has 0 aliphatic heterocycles. The number of hydrogen-bond donors (Lipinski definition) is 4. The summed E-state index contributed by atoms with van der Waals surface area (Å²) in [6.07, 6.45) is -2.11. The minimum Gasteiger partial charge on any atom is -0.445 e. The van der Waals surface area contributed by atoms with Crippen LogP contribution in [0.15, 0.2) is 30.3 Å². The second-order valence-electron chi connectivity index (χ2n) is 12.8. The Morgan fingerprint density at radius 3 is 1.90 bits per heavy atom. The van der Waals surface area contributed by atoms with Gasteiger partial charge in [0.15, 0.2) is 0 Å². The number of aliphatic hydroxyl groups is 1. The number of carbonyl (C=O) groups is 4. The molecule has 0 saturated heterocycles. The zero-order valence-corrected chi connectivity index (χ0v) is 26.9. The number of aliphatic hydroxyl groups excluding tert-OH is 1. The molecule has 1 aromatic carbocycles. The van der Waals surface area contributed by atoms with Crippen molar-refractivity contribution >= 4 is 24.0 Å². The largest absolute Gasteiger partial charge is 0.445 e. The Bertz CT molecular complexity index is 1010. The Morgan fingerprint density at radius 2 is 1.40 bits per heavy atom. The molecule has 0 radical (unpaired) electrons. The molecule has 0 aromatic heterocycles. The number of benzene rings is 1. The van der Waals surface area contributed by atoms with E-state index in [1.165, 1.54) is 11.9 Å². The Kier molecular flexibility index (Phi) is 14.8. The van der Waals surface area contributed by atoms with Gasteiger partial charge in [0.05, 0.1) is 12.1 Å². The van der Waals surface area contributed by atoms with Crippen LogP contribution in [0.1, 0.15) is 74.3 Å². The lowest BCUT2D eigenvalue weighted by molar-refractivity contribution is -0.134. The molecule has 11 nitrogen and oxygen atoms in total. The Hall–Kier alpha value is -3.34. The molecule has 0 saturated carbocycles. The third kappa shape index (κ3) is 13.5. The van der Waals surface area contributed by atoms with E-state index in [1.807, 2.05) is 44.2 Å². The number of amides is 4. The van der Waals surface area contributed by atoms with Crippen molar-refractivity contribution in [3.8, 4) is 0 Å². The van der Waals surface area contributed by atoms with Crippen LogP contribution >= 0.6 is 0 Å². The van der Waals surface area contributed by atoms with Crippen LogP contribution < -0.4 is 16.0 Å². The summed E-state index contributed by atoms with van der Waals surface area (Å²) in [5.74, 6) is -1.25. The fourth-order valence-electron chi connectivity index (χ4n) is 4.20. The van der Waals surface area contributed by atoms with E-state index in [1.54, 1.807) is 48.5 Å². The van der Waals surface area contributed by atoms with Gasteiger partial charge in [0, 0.05) is 13.6 Å². The fourth-order valence-corrected chi connectivity index (χ4v) is 4.20. The summed E-state index contributed by atoms with van der Waals surface area (Å²) in [7, 11) is 1.53. The van der Waals surface area contributed by atoms with Gasteiger partial charge in [-0.15, -0.1) is 0 Å². The molecule has 0 unspecified atom stereocenters. The summed E-state index contributed by atoms with van der Waals surface area (Å²) in [4.78, 5) is 52.7. The molecule has 0 fully saturated rings. The minimum absolute atomic E-state index is 0.0664. The zero-order valence-electron chi connectivity index (χ0n) is 26.9. The summed E-state index contributed by atoms with van der Waals surface area (Å²) < 4.78 is 10.6. The minimum atomic E-state index is -1.11. The number of rotatable bonds is 14. The first-order valence-corrected chi connectivity index (χ1v) is 14.6. The molecule has 1 aromatic rings. The Balaban J connectivity index is 2.90. The van der Waals surface area contributed by atoms with E-state index < -0.39 is 53.8 Å². The Morgan fingerprint density at radius 1 is 0.857 bits per heavy atom. The van der Waals surface area contributed by atoms with Gasteiger partial charge >= 0.3 is 12.2 Å². The van der Waals surface area contributed by atoms with Crippen molar-refractivity contribution in [1.29, 1.82) is 0 Å². The molecule has 42 heavy (non-hydrogen) atoms. The van der Waals surface area contributed by atoms with Crippen LogP contribution in [0, 0.1) is 17.8 Å². The third-order valence-electron chi connectivity index (χ3n) is 6.39. The summed E-state index contributed by atoms with van der Waals surface area (Å²) >= 11 is 0. The number of alkyl carbamates (subject to hydrolysis) is 2. The topological polar surface area (TPSA) is 146 Å².